The molecule has 0 spiro atoms. The minimum Gasteiger partial charge on any atom is -0.380 e. The summed E-state index contributed by atoms with van der Waals surface area (Å²) in [5, 5.41) is 2.50. The van der Waals surface area contributed by atoms with Crippen LogP contribution < -0.4 is 5.32 Å². The van der Waals surface area contributed by atoms with E-state index >= 15 is 0 Å². The van der Waals surface area contributed by atoms with Crippen LogP contribution in [0.3, 0.4) is 0 Å². The Labute approximate surface area is 86.1 Å². The number of benzene rings is 1. The molecule has 5 heteroatoms. The van der Waals surface area contributed by atoms with Crippen molar-refractivity contribution in [1.82, 2.24) is 0 Å². The molecule has 0 heterocycles. The molecule has 1 aromatic rings. The van der Waals surface area contributed by atoms with E-state index < -0.39 is 17.5 Å². The standard InChI is InChI=1S/C10H12F3NO/c1-2-15-4-3-14-10-8(12)5-7(11)6-9(10)13/h5-6,14H,2-4H2,1H3. The molecule has 0 amide bonds. The Bertz CT molecular complexity index is 307. The van der Waals surface area contributed by atoms with Crippen LogP contribution in [0.5, 0.6) is 0 Å². The van der Waals surface area contributed by atoms with Gasteiger partial charge in [-0.3, -0.25) is 0 Å². The zero-order valence-electron chi connectivity index (χ0n) is 8.32. The highest BCUT2D eigenvalue weighted by atomic mass is 19.1. The average Bonchev–Trinajstić information content (AvgIpc) is 2.15. The van der Waals surface area contributed by atoms with Gasteiger partial charge < -0.3 is 10.1 Å². The van der Waals surface area contributed by atoms with Gasteiger partial charge in [0.2, 0.25) is 0 Å². The second-order valence-electron chi connectivity index (χ2n) is 2.87. The topological polar surface area (TPSA) is 21.3 Å². The molecule has 0 radical (unpaired) electrons. The number of hydrogen-bond donors (Lipinski definition) is 1. The maximum absolute atomic E-state index is 13.0. The van der Waals surface area contributed by atoms with Crippen molar-refractivity contribution in [3.63, 3.8) is 0 Å². The third-order valence-corrected chi connectivity index (χ3v) is 1.76. The number of rotatable bonds is 5. The second-order valence-corrected chi connectivity index (χ2v) is 2.87. The SMILES string of the molecule is CCOCCNc1c(F)cc(F)cc1F. The van der Waals surface area contributed by atoms with E-state index in [1.54, 1.807) is 0 Å². The Morgan fingerprint density at radius 3 is 2.33 bits per heavy atom. The number of nitrogens with one attached hydrogen (secondary N) is 1. The second kappa shape index (κ2) is 5.60. The van der Waals surface area contributed by atoms with Crippen LogP contribution in [0, 0.1) is 17.5 Å². The first-order valence-electron chi connectivity index (χ1n) is 4.61. The van der Waals surface area contributed by atoms with E-state index in [0.29, 0.717) is 25.3 Å². The fraction of sp³-hybridized carbons (Fsp3) is 0.400. The molecule has 0 aliphatic heterocycles. The van der Waals surface area contributed by atoms with E-state index in [1.165, 1.54) is 0 Å². The van der Waals surface area contributed by atoms with E-state index in [2.05, 4.69) is 5.32 Å². The molecular weight excluding hydrogens is 207 g/mol. The highest BCUT2D eigenvalue weighted by Gasteiger charge is 2.10. The van der Waals surface area contributed by atoms with Gasteiger partial charge in [-0.2, -0.15) is 0 Å². The van der Waals surface area contributed by atoms with E-state index in [1.807, 2.05) is 6.92 Å². The first kappa shape index (κ1) is 11.8. The normalized spacial score (nSPS) is 10.4. The van der Waals surface area contributed by atoms with Crippen LogP contribution in [0.15, 0.2) is 12.1 Å². The van der Waals surface area contributed by atoms with Crippen molar-refractivity contribution in [2.45, 2.75) is 6.92 Å². The van der Waals surface area contributed by atoms with Crippen molar-refractivity contribution < 1.29 is 17.9 Å². The maximum atomic E-state index is 13.0. The number of ether oxygens (including phenoxy) is 1. The van der Waals surface area contributed by atoms with Crippen LogP contribution in [0.4, 0.5) is 18.9 Å². The van der Waals surface area contributed by atoms with Crippen molar-refractivity contribution in [3.05, 3.63) is 29.6 Å². The van der Waals surface area contributed by atoms with Gasteiger partial charge in [0.05, 0.1) is 6.61 Å². The molecular formula is C10H12F3NO. The largest absolute Gasteiger partial charge is 0.380 e. The molecule has 0 aromatic heterocycles. The molecule has 84 valence electrons. The maximum Gasteiger partial charge on any atom is 0.152 e. The Hall–Kier alpha value is -1.23. The van der Waals surface area contributed by atoms with E-state index in [4.69, 9.17) is 4.74 Å². The average molecular weight is 219 g/mol. The first-order valence-corrected chi connectivity index (χ1v) is 4.61. The van der Waals surface area contributed by atoms with Gasteiger partial charge in [0.15, 0.2) is 11.6 Å². The summed E-state index contributed by atoms with van der Waals surface area (Å²) in [7, 11) is 0. The van der Waals surface area contributed by atoms with Gasteiger partial charge in [-0.05, 0) is 6.92 Å². The van der Waals surface area contributed by atoms with Crippen LogP contribution in [0.2, 0.25) is 0 Å². The van der Waals surface area contributed by atoms with Gasteiger partial charge in [0.1, 0.15) is 11.5 Å². The summed E-state index contributed by atoms with van der Waals surface area (Å²) in [4.78, 5) is 0. The van der Waals surface area contributed by atoms with Crippen molar-refractivity contribution in [2.75, 3.05) is 25.1 Å². The molecule has 1 N–H and O–H groups in total. The van der Waals surface area contributed by atoms with E-state index in [9.17, 15) is 13.2 Å². The molecule has 0 saturated heterocycles. The lowest BCUT2D eigenvalue weighted by atomic mass is 10.3. The summed E-state index contributed by atoms with van der Waals surface area (Å²) in [5.74, 6) is -2.81. The number of anilines is 1. The lowest BCUT2D eigenvalue weighted by Gasteiger charge is -2.08. The van der Waals surface area contributed by atoms with Crippen LogP contribution in [0.1, 0.15) is 6.92 Å². The fourth-order valence-corrected chi connectivity index (χ4v) is 1.10. The fourth-order valence-electron chi connectivity index (χ4n) is 1.10. The molecule has 1 aromatic carbocycles. The Morgan fingerprint density at radius 1 is 1.20 bits per heavy atom. The Balaban J connectivity index is 2.60. The zero-order valence-corrected chi connectivity index (χ0v) is 8.32. The zero-order chi connectivity index (χ0) is 11.3. The molecule has 0 fully saturated rings. The predicted molar refractivity (Wildman–Crippen MR) is 51.3 cm³/mol. The van der Waals surface area contributed by atoms with Crippen molar-refractivity contribution in [3.8, 4) is 0 Å². The van der Waals surface area contributed by atoms with Gasteiger partial charge in [0.25, 0.3) is 0 Å². The molecule has 0 bridgehead atoms. The van der Waals surface area contributed by atoms with Crippen molar-refractivity contribution >= 4 is 5.69 Å². The Morgan fingerprint density at radius 2 is 1.80 bits per heavy atom. The Kier molecular flexibility index (Phi) is 4.42. The lowest BCUT2D eigenvalue weighted by Crippen LogP contribution is -2.11. The molecule has 0 atom stereocenters. The molecule has 0 saturated carbocycles. The summed E-state index contributed by atoms with van der Waals surface area (Å²) >= 11 is 0. The summed E-state index contributed by atoms with van der Waals surface area (Å²) in [6.07, 6.45) is 0. The molecule has 0 aliphatic carbocycles. The van der Waals surface area contributed by atoms with Crippen molar-refractivity contribution in [2.24, 2.45) is 0 Å². The molecule has 15 heavy (non-hydrogen) atoms. The van der Waals surface area contributed by atoms with Crippen LogP contribution in [-0.4, -0.2) is 19.8 Å². The first-order chi connectivity index (χ1) is 7.15. The van der Waals surface area contributed by atoms with Crippen molar-refractivity contribution in [1.29, 1.82) is 0 Å². The minimum atomic E-state index is -0.941. The summed E-state index contributed by atoms with van der Waals surface area (Å²) in [6.45, 7) is 2.97. The monoisotopic (exact) mass is 219 g/mol. The molecule has 2 nitrogen and oxygen atoms in total. The van der Waals surface area contributed by atoms with E-state index in [0.717, 1.165) is 0 Å². The van der Waals surface area contributed by atoms with Gasteiger partial charge in [-0.25, -0.2) is 13.2 Å². The van der Waals surface area contributed by atoms with Gasteiger partial charge >= 0.3 is 0 Å². The third kappa shape index (κ3) is 3.43. The van der Waals surface area contributed by atoms with Crippen LogP contribution in [0.25, 0.3) is 0 Å². The van der Waals surface area contributed by atoms with Crippen LogP contribution >= 0.6 is 0 Å². The lowest BCUT2D eigenvalue weighted by molar-refractivity contribution is 0.158. The highest BCUT2D eigenvalue weighted by molar-refractivity contribution is 5.46. The predicted octanol–water partition coefficient (Wildman–Crippen LogP) is 2.55. The van der Waals surface area contributed by atoms with Crippen LogP contribution in [-0.2, 0) is 4.74 Å². The minimum absolute atomic E-state index is 0.271. The summed E-state index contributed by atoms with van der Waals surface area (Å²) in [5.41, 5.74) is -0.323. The summed E-state index contributed by atoms with van der Waals surface area (Å²) < 4.78 is 43.6. The van der Waals surface area contributed by atoms with E-state index in [-0.39, 0.29) is 12.2 Å². The quantitative estimate of drug-likeness (QED) is 0.768. The molecule has 1 rings (SSSR count). The molecule has 0 aliphatic rings. The van der Waals surface area contributed by atoms with Gasteiger partial charge in [0, 0.05) is 25.3 Å². The molecule has 0 unspecified atom stereocenters. The van der Waals surface area contributed by atoms with Gasteiger partial charge in [-0.1, -0.05) is 0 Å². The smallest absolute Gasteiger partial charge is 0.152 e. The third-order valence-electron chi connectivity index (χ3n) is 1.76. The summed E-state index contributed by atoms with van der Waals surface area (Å²) in [6, 6.07) is 1.26. The number of hydrogen-bond acceptors (Lipinski definition) is 2. The highest BCUT2D eigenvalue weighted by Crippen LogP contribution is 2.19. The number of halogens is 3. The van der Waals surface area contributed by atoms with Gasteiger partial charge in [-0.15, -0.1) is 0 Å².